The summed E-state index contributed by atoms with van der Waals surface area (Å²) in [7, 11) is 1.92. The second kappa shape index (κ2) is 6.28. The van der Waals surface area contributed by atoms with Gasteiger partial charge in [-0.15, -0.1) is 0 Å². The van der Waals surface area contributed by atoms with Crippen LogP contribution in [0.25, 0.3) is 0 Å². The molecule has 2 aromatic rings. The number of benzene rings is 1. The topological polar surface area (TPSA) is 87.0 Å². The third-order valence-corrected chi connectivity index (χ3v) is 4.30. The van der Waals surface area contributed by atoms with Crippen molar-refractivity contribution in [2.75, 3.05) is 0 Å². The fourth-order valence-corrected chi connectivity index (χ4v) is 3.18. The molecule has 21 heavy (non-hydrogen) atoms. The molecule has 0 aliphatic rings. The van der Waals surface area contributed by atoms with Crippen molar-refractivity contribution in [3.05, 3.63) is 45.9 Å². The minimum Gasteiger partial charge on any atom is -0.325 e. The maximum absolute atomic E-state index is 10.9. The Morgan fingerprint density at radius 1 is 1.48 bits per heavy atom. The van der Waals surface area contributed by atoms with E-state index in [1.54, 1.807) is 12.1 Å². The van der Waals surface area contributed by atoms with Crippen LogP contribution in [0.4, 0.5) is 5.69 Å². The summed E-state index contributed by atoms with van der Waals surface area (Å²) in [6.45, 7) is 4.51. The number of rotatable bonds is 5. The number of imidazole rings is 1. The Kier molecular flexibility index (Phi) is 4.64. The summed E-state index contributed by atoms with van der Waals surface area (Å²) in [6.07, 6.45) is 0. The van der Waals surface area contributed by atoms with Gasteiger partial charge in [-0.25, -0.2) is 4.98 Å². The largest absolute Gasteiger partial charge is 0.325 e. The monoisotopic (exact) mass is 306 g/mol. The number of hydrogen-bond acceptors (Lipinski definition) is 5. The van der Waals surface area contributed by atoms with E-state index in [0.717, 1.165) is 21.4 Å². The smallest absolute Gasteiger partial charge is 0.270 e. The van der Waals surface area contributed by atoms with Crippen molar-refractivity contribution in [2.45, 2.75) is 36.2 Å². The van der Waals surface area contributed by atoms with E-state index in [9.17, 15) is 10.1 Å². The average Bonchev–Trinajstić information content (AvgIpc) is 2.76. The summed E-state index contributed by atoms with van der Waals surface area (Å²) in [5, 5.41) is 11.8. The van der Waals surface area contributed by atoms with Gasteiger partial charge in [-0.1, -0.05) is 31.7 Å². The molecule has 2 N–H and O–H groups in total. The van der Waals surface area contributed by atoms with Crippen LogP contribution < -0.4 is 5.73 Å². The van der Waals surface area contributed by atoms with Crippen LogP contribution in [-0.2, 0) is 13.6 Å². The minimum absolute atomic E-state index is 0.0901. The number of nitrogens with two attached hydrogens (primary N) is 1. The van der Waals surface area contributed by atoms with Gasteiger partial charge in [0.25, 0.3) is 5.69 Å². The quantitative estimate of drug-likeness (QED) is 0.677. The van der Waals surface area contributed by atoms with Crippen molar-refractivity contribution >= 4 is 17.4 Å². The van der Waals surface area contributed by atoms with Gasteiger partial charge in [-0.2, -0.15) is 0 Å². The lowest BCUT2D eigenvalue weighted by Crippen LogP contribution is -2.05. The van der Waals surface area contributed by atoms with E-state index >= 15 is 0 Å². The van der Waals surface area contributed by atoms with Gasteiger partial charge in [0.2, 0.25) is 0 Å². The number of nitrogens with zero attached hydrogens (tertiary/aromatic N) is 3. The maximum Gasteiger partial charge on any atom is 0.270 e. The first kappa shape index (κ1) is 15.5. The minimum atomic E-state index is -0.387. The van der Waals surface area contributed by atoms with Crippen LogP contribution in [-0.4, -0.2) is 14.5 Å². The Morgan fingerprint density at radius 2 is 2.19 bits per heavy atom. The SMILES string of the molecule is CC(C)c1nc(CN)n(C)c1Sc1cccc([N+](=O)[O-])c1. The van der Waals surface area contributed by atoms with Crippen LogP contribution >= 0.6 is 11.8 Å². The maximum atomic E-state index is 10.9. The molecule has 0 aliphatic carbocycles. The van der Waals surface area contributed by atoms with Crippen LogP contribution in [0, 0.1) is 10.1 Å². The standard InChI is InChI=1S/C14H18N4O2S/c1-9(2)13-14(17(3)12(8-15)16-13)21-11-6-4-5-10(7-11)18(19)20/h4-7,9H,8,15H2,1-3H3. The number of non-ortho nitro benzene ring substituents is 1. The molecule has 0 saturated carbocycles. The number of nitro groups is 1. The summed E-state index contributed by atoms with van der Waals surface area (Å²) in [5.41, 5.74) is 6.77. The average molecular weight is 306 g/mol. The van der Waals surface area contributed by atoms with Gasteiger partial charge >= 0.3 is 0 Å². The molecule has 0 aliphatic heterocycles. The molecule has 0 saturated heterocycles. The molecule has 0 bridgehead atoms. The van der Waals surface area contributed by atoms with Gasteiger partial charge in [0.15, 0.2) is 0 Å². The first-order valence-electron chi connectivity index (χ1n) is 6.62. The molecule has 0 atom stereocenters. The van der Waals surface area contributed by atoms with Crippen molar-refractivity contribution in [3.8, 4) is 0 Å². The number of nitro benzene ring substituents is 1. The van der Waals surface area contributed by atoms with Crippen LogP contribution in [0.3, 0.4) is 0 Å². The molecule has 7 heteroatoms. The van der Waals surface area contributed by atoms with Crippen LogP contribution in [0.15, 0.2) is 34.2 Å². The van der Waals surface area contributed by atoms with E-state index in [0.29, 0.717) is 6.54 Å². The van der Waals surface area contributed by atoms with Crippen molar-refractivity contribution in [3.63, 3.8) is 0 Å². The Hall–Kier alpha value is -1.86. The highest BCUT2D eigenvalue weighted by Gasteiger charge is 2.18. The van der Waals surface area contributed by atoms with Crippen molar-refractivity contribution in [1.29, 1.82) is 0 Å². The predicted molar refractivity (Wildman–Crippen MR) is 82.4 cm³/mol. The molecule has 1 heterocycles. The van der Waals surface area contributed by atoms with E-state index in [4.69, 9.17) is 5.73 Å². The van der Waals surface area contributed by atoms with Crippen molar-refractivity contribution in [1.82, 2.24) is 9.55 Å². The molecule has 0 spiro atoms. The van der Waals surface area contributed by atoms with E-state index in [1.807, 2.05) is 17.7 Å². The lowest BCUT2D eigenvalue weighted by Gasteiger charge is -2.08. The zero-order valence-electron chi connectivity index (χ0n) is 12.2. The molecule has 2 rings (SSSR count). The summed E-state index contributed by atoms with van der Waals surface area (Å²) >= 11 is 1.48. The lowest BCUT2D eigenvalue weighted by atomic mass is 10.2. The molecule has 0 unspecified atom stereocenters. The van der Waals surface area contributed by atoms with Crippen molar-refractivity contribution in [2.24, 2.45) is 12.8 Å². The zero-order chi connectivity index (χ0) is 15.6. The molecule has 0 radical (unpaired) electrons. The lowest BCUT2D eigenvalue weighted by molar-refractivity contribution is -0.385. The van der Waals surface area contributed by atoms with Crippen LogP contribution in [0.5, 0.6) is 0 Å². The zero-order valence-corrected chi connectivity index (χ0v) is 13.1. The van der Waals surface area contributed by atoms with Crippen LogP contribution in [0.2, 0.25) is 0 Å². The third-order valence-electron chi connectivity index (χ3n) is 3.13. The number of hydrogen-bond donors (Lipinski definition) is 1. The molecule has 112 valence electrons. The van der Waals surface area contributed by atoms with Gasteiger partial charge in [-0.05, 0) is 12.0 Å². The van der Waals surface area contributed by atoms with E-state index < -0.39 is 0 Å². The predicted octanol–water partition coefficient (Wildman–Crippen LogP) is 3.06. The first-order valence-corrected chi connectivity index (χ1v) is 7.43. The van der Waals surface area contributed by atoms with Gasteiger partial charge in [-0.3, -0.25) is 10.1 Å². The summed E-state index contributed by atoms with van der Waals surface area (Å²) < 4.78 is 1.96. The van der Waals surface area contributed by atoms with Gasteiger partial charge in [0.05, 0.1) is 17.2 Å². The Balaban J connectivity index is 2.41. The second-order valence-electron chi connectivity index (χ2n) is 4.99. The molecule has 1 aromatic heterocycles. The summed E-state index contributed by atoms with van der Waals surface area (Å²) in [6, 6.07) is 6.61. The summed E-state index contributed by atoms with van der Waals surface area (Å²) in [4.78, 5) is 15.9. The first-order chi connectivity index (χ1) is 9.93. The molecular formula is C14H18N4O2S. The second-order valence-corrected chi connectivity index (χ2v) is 6.06. The normalized spacial score (nSPS) is 11.1. The van der Waals surface area contributed by atoms with Crippen LogP contribution in [0.1, 0.15) is 31.3 Å². The molecule has 6 nitrogen and oxygen atoms in total. The molecule has 0 fully saturated rings. The fraction of sp³-hybridized carbons (Fsp3) is 0.357. The Labute approximate surface area is 127 Å². The summed E-state index contributed by atoms with van der Waals surface area (Å²) in [5.74, 6) is 1.07. The van der Waals surface area contributed by atoms with Gasteiger partial charge in [0, 0.05) is 24.1 Å². The number of aromatic nitrogens is 2. The highest BCUT2D eigenvalue weighted by atomic mass is 32.2. The van der Waals surface area contributed by atoms with E-state index in [-0.39, 0.29) is 16.5 Å². The Morgan fingerprint density at radius 3 is 2.76 bits per heavy atom. The molecule has 0 amide bonds. The third kappa shape index (κ3) is 3.25. The van der Waals surface area contributed by atoms with Gasteiger partial charge < -0.3 is 10.3 Å². The highest BCUT2D eigenvalue weighted by Crippen LogP contribution is 2.35. The Bertz CT molecular complexity index is 667. The molecule has 1 aromatic carbocycles. The van der Waals surface area contributed by atoms with Gasteiger partial charge in [0.1, 0.15) is 10.9 Å². The highest BCUT2D eigenvalue weighted by molar-refractivity contribution is 7.99. The fourth-order valence-electron chi connectivity index (χ4n) is 2.00. The van der Waals surface area contributed by atoms with Crippen molar-refractivity contribution < 1.29 is 4.92 Å². The van der Waals surface area contributed by atoms with E-state index in [2.05, 4.69) is 18.8 Å². The van der Waals surface area contributed by atoms with E-state index in [1.165, 1.54) is 17.8 Å². The molecular weight excluding hydrogens is 288 g/mol.